The van der Waals surface area contributed by atoms with Crippen LogP contribution in [0, 0.1) is 0 Å². The fraction of sp³-hybridized carbons (Fsp3) is 0.0714. The van der Waals surface area contributed by atoms with Gasteiger partial charge in [0.1, 0.15) is 5.52 Å². The van der Waals surface area contributed by atoms with Gasteiger partial charge in [0.25, 0.3) is 0 Å². The minimum atomic E-state index is 0.584. The van der Waals surface area contributed by atoms with Gasteiger partial charge in [-0.2, -0.15) is 0 Å². The summed E-state index contributed by atoms with van der Waals surface area (Å²) < 4.78 is 5.71. The van der Waals surface area contributed by atoms with Crippen LogP contribution in [-0.4, -0.2) is 12.0 Å². The van der Waals surface area contributed by atoms with Crippen molar-refractivity contribution in [2.24, 2.45) is 0 Å². The maximum atomic E-state index is 5.96. The highest BCUT2D eigenvalue weighted by Crippen LogP contribution is 2.27. The van der Waals surface area contributed by atoms with Crippen LogP contribution in [0.15, 0.2) is 46.9 Å². The summed E-state index contributed by atoms with van der Waals surface area (Å²) in [5, 5.41) is 3.75. The van der Waals surface area contributed by atoms with Crippen molar-refractivity contribution in [1.29, 1.82) is 0 Å². The Kier molecular flexibility index (Phi) is 2.68. The van der Waals surface area contributed by atoms with Crippen LogP contribution in [0.4, 0.5) is 5.69 Å². The normalized spacial score (nSPS) is 10.8. The highest BCUT2D eigenvalue weighted by Gasteiger charge is 2.08. The number of hydrogen-bond donors (Lipinski definition) is 1. The second-order valence-corrected chi connectivity index (χ2v) is 4.40. The summed E-state index contributed by atoms with van der Waals surface area (Å²) in [6.07, 6.45) is 0. The molecule has 1 N–H and O–H groups in total. The fourth-order valence-corrected chi connectivity index (χ4v) is 2.02. The van der Waals surface area contributed by atoms with Gasteiger partial charge in [-0.15, -0.1) is 0 Å². The van der Waals surface area contributed by atoms with Gasteiger partial charge in [-0.05, 0) is 36.4 Å². The molecule has 0 aliphatic carbocycles. The second-order valence-electron chi connectivity index (χ2n) is 3.96. The number of anilines is 1. The van der Waals surface area contributed by atoms with Crippen molar-refractivity contribution < 1.29 is 4.42 Å². The number of oxazole rings is 1. The molecule has 1 aromatic heterocycles. The molecule has 3 aromatic rings. The first-order valence-corrected chi connectivity index (χ1v) is 5.98. The summed E-state index contributed by atoms with van der Waals surface area (Å²) >= 11 is 5.96. The lowest BCUT2D eigenvalue weighted by atomic mass is 10.2. The molecule has 18 heavy (non-hydrogen) atoms. The Morgan fingerprint density at radius 2 is 2.06 bits per heavy atom. The molecule has 1 heterocycles. The van der Waals surface area contributed by atoms with E-state index in [9.17, 15) is 0 Å². The first-order chi connectivity index (χ1) is 8.76. The zero-order valence-electron chi connectivity index (χ0n) is 9.77. The highest BCUT2D eigenvalue weighted by atomic mass is 35.5. The molecule has 0 aliphatic heterocycles. The predicted octanol–water partition coefficient (Wildman–Crippen LogP) is 4.19. The first kappa shape index (κ1) is 11.1. The molecule has 3 rings (SSSR count). The number of benzene rings is 2. The molecule has 0 unspecified atom stereocenters. The standard InChI is InChI=1S/C14H11ClN2O/c1-16-11-5-6-13-12(8-11)17-14(18-13)9-3-2-4-10(15)7-9/h2-8,16H,1H3. The minimum Gasteiger partial charge on any atom is -0.436 e. The smallest absolute Gasteiger partial charge is 0.227 e. The van der Waals surface area contributed by atoms with Gasteiger partial charge in [-0.1, -0.05) is 17.7 Å². The molecule has 0 saturated heterocycles. The van der Waals surface area contributed by atoms with Crippen molar-refractivity contribution in [3.05, 3.63) is 47.5 Å². The molecule has 0 fully saturated rings. The topological polar surface area (TPSA) is 38.1 Å². The van der Waals surface area contributed by atoms with Crippen LogP contribution in [0.25, 0.3) is 22.6 Å². The highest BCUT2D eigenvalue weighted by molar-refractivity contribution is 6.30. The molecule has 0 aliphatic rings. The van der Waals surface area contributed by atoms with Gasteiger partial charge in [0.15, 0.2) is 5.58 Å². The molecule has 0 radical (unpaired) electrons. The number of halogens is 1. The molecule has 0 amide bonds. The van der Waals surface area contributed by atoms with Crippen LogP contribution in [0.1, 0.15) is 0 Å². The lowest BCUT2D eigenvalue weighted by Crippen LogP contribution is -1.86. The van der Waals surface area contributed by atoms with Crippen LogP contribution >= 0.6 is 11.6 Å². The van der Waals surface area contributed by atoms with E-state index < -0.39 is 0 Å². The van der Waals surface area contributed by atoms with Gasteiger partial charge in [0.05, 0.1) is 0 Å². The van der Waals surface area contributed by atoms with Crippen molar-refractivity contribution in [3.8, 4) is 11.5 Å². The SMILES string of the molecule is CNc1ccc2oc(-c3cccc(Cl)c3)nc2c1. The lowest BCUT2D eigenvalue weighted by Gasteiger charge is -1.96. The molecule has 0 atom stereocenters. The van der Waals surface area contributed by atoms with E-state index >= 15 is 0 Å². The Morgan fingerprint density at radius 3 is 2.83 bits per heavy atom. The summed E-state index contributed by atoms with van der Waals surface area (Å²) in [5.41, 5.74) is 3.49. The molecule has 90 valence electrons. The maximum absolute atomic E-state index is 5.96. The fourth-order valence-electron chi connectivity index (χ4n) is 1.83. The lowest BCUT2D eigenvalue weighted by molar-refractivity contribution is 0.620. The van der Waals surface area contributed by atoms with Gasteiger partial charge in [-0.3, -0.25) is 0 Å². The Morgan fingerprint density at radius 1 is 1.17 bits per heavy atom. The third-order valence-electron chi connectivity index (χ3n) is 2.75. The molecule has 4 heteroatoms. The average molecular weight is 259 g/mol. The number of hydrogen-bond acceptors (Lipinski definition) is 3. The van der Waals surface area contributed by atoms with E-state index in [1.165, 1.54) is 0 Å². The van der Waals surface area contributed by atoms with Crippen molar-refractivity contribution in [1.82, 2.24) is 4.98 Å². The molecule has 0 bridgehead atoms. The number of nitrogens with one attached hydrogen (secondary N) is 1. The van der Waals surface area contributed by atoms with Gasteiger partial charge in [0, 0.05) is 23.3 Å². The van der Waals surface area contributed by atoms with Crippen LogP contribution < -0.4 is 5.32 Å². The number of nitrogens with zero attached hydrogens (tertiary/aromatic N) is 1. The van der Waals surface area contributed by atoms with Gasteiger partial charge in [0.2, 0.25) is 5.89 Å². The molecule has 2 aromatic carbocycles. The number of rotatable bonds is 2. The summed E-state index contributed by atoms with van der Waals surface area (Å²) in [6, 6.07) is 13.3. The van der Waals surface area contributed by atoms with Gasteiger partial charge >= 0.3 is 0 Å². The second kappa shape index (κ2) is 4.35. The zero-order chi connectivity index (χ0) is 12.5. The predicted molar refractivity (Wildman–Crippen MR) is 74.0 cm³/mol. The molecule has 0 saturated carbocycles. The largest absolute Gasteiger partial charge is 0.436 e. The van der Waals surface area contributed by atoms with Crippen molar-refractivity contribution >= 4 is 28.4 Å². The summed E-state index contributed by atoms with van der Waals surface area (Å²) in [4.78, 5) is 4.47. The minimum absolute atomic E-state index is 0.584. The van der Waals surface area contributed by atoms with Crippen molar-refractivity contribution in [2.75, 3.05) is 12.4 Å². The van der Waals surface area contributed by atoms with E-state index in [4.69, 9.17) is 16.0 Å². The first-order valence-electron chi connectivity index (χ1n) is 5.60. The summed E-state index contributed by atoms with van der Waals surface area (Å²) in [5.74, 6) is 0.584. The van der Waals surface area contributed by atoms with Crippen LogP contribution in [-0.2, 0) is 0 Å². The third kappa shape index (κ3) is 1.93. The average Bonchev–Trinajstić information content (AvgIpc) is 2.81. The molecule has 3 nitrogen and oxygen atoms in total. The third-order valence-corrected chi connectivity index (χ3v) is 2.98. The number of fused-ring (bicyclic) bond motifs is 1. The Labute approximate surface area is 109 Å². The van der Waals surface area contributed by atoms with Crippen LogP contribution in [0.3, 0.4) is 0 Å². The van der Waals surface area contributed by atoms with E-state index in [0.29, 0.717) is 10.9 Å². The van der Waals surface area contributed by atoms with Gasteiger partial charge in [-0.25, -0.2) is 4.98 Å². The summed E-state index contributed by atoms with van der Waals surface area (Å²) in [7, 11) is 1.87. The summed E-state index contributed by atoms with van der Waals surface area (Å²) in [6.45, 7) is 0. The van der Waals surface area contributed by atoms with E-state index in [1.54, 1.807) is 0 Å². The molecular weight excluding hydrogens is 248 g/mol. The monoisotopic (exact) mass is 258 g/mol. The Bertz CT molecular complexity index is 706. The van der Waals surface area contributed by atoms with Crippen LogP contribution in [0.5, 0.6) is 0 Å². The number of aromatic nitrogens is 1. The molecule has 0 spiro atoms. The quantitative estimate of drug-likeness (QED) is 0.749. The Balaban J connectivity index is 2.13. The maximum Gasteiger partial charge on any atom is 0.227 e. The van der Waals surface area contributed by atoms with Gasteiger partial charge < -0.3 is 9.73 Å². The van der Waals surface area contributed by atoms with Crippen LogP contribution in [0.2, 0.25) is 5.02 Å². The van der Waals surface area contributed by atoms with E-state index in [1.807, 2.05) is 49.5 Å². The van der Waals surface area contributed by atoms with Crippen molar-refractivity contribution in [2.45, 2.75) is 0 Å². The van der Waals surface area contributed by atoms with Crippen molar-refractivity contribution in [3.63, 3.8) is 0 Å². The van der Waals surface area contributed by atoms with E-state index in [-0.39, 0.29) is 0 Å². The molecular formula is C14H11ClN2O. The van der Waals surface area contributed by atoms with E-state index in [0.717, 1.165) is 22.4 Å². The Hall–Kier alpha value is -2.00. The zero-order valence-corrected chi connectivity index (χ0v) is 10.5. The van der Waals surface area contributed by atoms with E-state index in [2.05, 4.69) is 10.3 Å².